The SMILES string of the molecule is Cc1cccc([C@H]2C3=CC[C@@H]4C(=O)N(Cc5cccs5)C(=O)[C@@H]4[C@@H]3C[C@H]3C(=O)N(c4cc(-c5sc6ccc(Cl)cc6c5C)nn4C)C(=O)[C@@]23C)c1O. The molecule has 52 heavy (non-hydrogen) atoms. The number of halogens is 1. The molecule has 2 aromatic carbocycles. The zero-order valence-corrected chi connectivity index (χ0v) is 31.3. The number of allylic oxidation sites excluding steroid dienone is 2. The van der Waals surface area contributed by atoms with Crippen LogP contribution in [-0.4, -0.2) is 43.4 Å². The number of fused-ring (bicyclic) bond motifs is 5. The van der Waals surface area contributed by atoms with Gasteiger partial charge in [-0.1, -0.05) is 47.5 Å². The number of phenolic OH excluding ortho intramolecular Hbond substituents is 1. The van der Waals surface area contributed by atoms with E-state index in [1.165, 1.54) is 21.1 Å². The van der Waals surface area contributed by atoms with E-state index in [-0.39, 0.29) is 42.3 Å². The van der Waals surface area contributed by atoms with Crippen LogP contribution in [0.4, 0.5) is 5.82 Å². The van der Waals surface area contributed by atoms with Crippen LogP contribution < -0.4 is 4.90 Å². The summed E-state index contributed by atoms with van der Waals surface area (Å²) in [5.74, 6) is -3.93. The van der Waals surface area contributed by atoms with Gasteiger partial charge in [-0.05, 0) is 85.7 Å². The number of phenols is 1. The van der Waals surface area contributed by atoms with Crippen molar-refractivity contribution in [2.24, 2.45) is 36.1 Å². The summed E-state index contributed by atoms with van der Waals surface area (Å²) in [6.45, 7) is 5.86. The molecule has 4 aliphatic rings. The molecule has 5 aromatic rings. The Hall–Kier alpha value is -4.58. The summed E-state index contributed by atoms with van der Waals surface area (Å²) < 4.78 is 2.63. The number of likely N-dealkylation sites (tertiary alicyclic amines) is 1. The van der Waals surface area contributed by atoms with Gasteiger partial charge < -0.3 is 5.11 Å². The molecular formula is C40H35ClN4O5S2. The van der Waals surface area contributed by atoms with Gasteiger partial charge in [-0.25, -0.2) is 4.90 Å². The fourth-order valence-corrected chi connectivity index (χ4v) is 11.5. The molecular weight excluding hydrogens is 716 g/mol. The molecule has 264 valence electrons. The Labute approximate surface area is 313 Å². The lowest BCUT2D eigenvalue weighted by molar-refractivity contribution is -0.141. The second kappa shape index (κ2) is 11.7. The number of para-hydroxylation sites is 1. The zero-order valence-electron chi connectivity index (χ0n) is 28.9. The number of thiophene rings is 2. The lowest BCUT2D eigenvalue weighted by Crippen LogP contribution is -2.49. The van der Waals surface area contributed by atoms with Crippen molar-refractivity contribution in [3.8, 4) is 16.3 Å². The fraction of sp³-hybridized carbons (Fsp3) is 0.325. The van der Waals surface area contributed by atoms with Crippen molar-refractivity contribution in [1.29, 1.82) is 0 Å². The van der Waals surface area contributed by atoms with Crippen molar-refractivity contribution < 1.29 is 24.3 Å². The summed E-state index contributed by atoms with van der Waals surface area (Å²) in [5.41, 5.74) is 2.40. The van der Waals surface area contributed by atoms with Crippen LogP contribution in [-0.2, 0) is 32.8 Å². The Bertz CT molecular complexity index is 2410. The number of carbonyl (C=O) groups excluding carboxylic acids is 4. The first kappa shape index (κ1) is 33.3. The van der Waals surface area contributed by atoms with E-state index in [4.69, 9.17) is 16.7 Å². The number of carbonyl (C=O) groups is 4. The largest absolute Gasteiger partial charge is 0.507 e. The summed E-state index contributed by atoms with van der Waals surface area (Å²) in [6.07, 6.45) is 2.60. The van der Waals surface area contributed by atoms with E-state index in [1.807, 2.05) is 67.8 Å². The molecule has 3 aromatic heterocycles. The van der Waals surface area contributed by atoms with Crippen LogP contribution in [0.25, 0.3) is 20.7 Å². The molecule has 0 bridgehead atoms. The van der Waals surface area contributed by atoms with Gasteiger partial charge in [0.15, 0.2) is 0 Å². The molecule has 6 atom stereocenters. The van der Waals surface area contributed by atoms with Gasteiger partial charge in [-0.15, -0.1) is 22.7 Å². The van der Waals surface area contributed by atoms with Crippen molar-refractivity contribution in [1.82, 2.24) is 14.7 Å². The van der Waals surface area contributed by atoms with Gasteiger partial charge >= 0.3 is 0 Å². The number of benzene rings is 2. The summed E-state index contributed by atoms with van der Waals surface area (Å²) in [6, 6.07) is 16.8. The molecule has 9 nitrogen and oxygen atoms in total. The van der Waals surface area contributed by atoms with Crippen molar-refractivity contribution in [3.63, 3.8) is 0 Å². The molecule has 2 aliphatic carbocycles. The maximum atomic E-state index is 15.1. The van der Waals surface area contributed by atoms with E-state index < -0.39 is 35.0 Å². The molecule has 12 heteroatoms. The monoisotopic (exact) mass is 750 g/mol. The number of amides is 4. The van der Waals surface area contributed by atoms with Crippen molar-refractivity contribution >= 4 is 73.8 Å². The lowest BCUT2D eigenvalue weighted by atomic mass is 9.51. The molecule has 0 unspecified atom stereocenters. The molecule has 2 saturated heterocycles. The minimum atomic E-state index is -1.28. The Balaban J connectivity index is 1.15. The Morgan fingerprint density at radius 2 is 1.81 bits per heavy atom. The molecule has 1 N–H and O–H groups in total. The van der Waals surface area contributed by atoms with Gasteiger partial charge in [0, 0.05) is 39.2 Å². The fourth-order valence-electron chi connectivity index (χ4n) is 9.49. The molecule has 0 radical (unpaired) electrons. The van der Waals surface area contributed by atoms with E-state index in [9.17, 15) is 19.5 Å². The van der Waals surface area contributed by atoms with E-state index in [0.29, 0.717) is 34.1 Å². The molecule has 0 spiro atoms. The normalized spacial score (nSPS) is 27.0. The van der Waals surface area contributed by atoms with Crippen molar-refractivity contribution in [3.05, 3.63) is 98.2 Å². The van der Waals surface area contributed by atoms with Crippen LogP contribution in [0.2, 0.25) is 5.02 Å². The van der Waals surface area contributed by atoms with E-state index in [1.54, 1.807) is 42.1 Å². The number of aromatic hydroxyl groups is 1. The van der Waals surface area contributed by atoms with Crippen LogP contribution in [0, 0.1) is 42.9 Å². The second-order valence-electron chi connectivity index (χ2n) is 14.7. The molecule has 4 amide bonds. The standard InChI is InChI=1S/C40H35ClN4O5S2/c1-19-7-5-9-25(34(19)46)33-23-11-12-24-32(38(49)44(36(24)47)18-22-8-6-14-51-22)27(23)16-28-37(48)45(39(50)40(28,33)3)31-17-29(42-43(31)4)35-20(2)26-15-21(41)10-13-30(26)52-35/h5-11,13-15,17,24,27-28,32-33,46H,12,16,18H2,1-4H3/t24-,27+,28-,32-,33+,40+/m0/s1. The summed E-state index contributed by atoms with van der Waals surface area (Å²) in [4.78, 5) is 62.4. The second-order valence-corrected chi connectivity index (χ2v) is 17.2. The average Bonchev–Trinajstić information content (AvgIpc) is 3.92. The number of hydrogen-bond donors (Lipinski definition) is 1. The van der Waals surface area contributed by atoms with Gasteiger partial charge in [0.2, 0.25) is 23.6 Å². The first-order chi connectivity index (χ1) is 24.9. The highest BCUT2D eigenvalue weighted by Crippen LogP contribution is 2.64. The smallest absolute Gasteiger partial charge is 0.242 e. The number of aromatic nitrogens is 2. The summed E-state index contributed by atoms with van der Waals surface area (Å²) in [5, 5.41) is 20.0. The van der Waals surface area contributed by atoms with Crippen LogP contribution in [0.1, 0.15) is 47.3 Å². The third-order valence-corrected chi connectivity index (χ3v) is 14.4. The van der Waals surface area contributed by atoms with Gasteiger partial charge in [0.05, 0.1) is 34.6 Å². The van der Waals surface area contributed by atoms with Crippen molar-refractivity contribution in [2.45, 2.75) is 46.1 Å². The van der Waals surface area contributed by atoms with Crippen LogP contribution >= 0.6 is 34.3 Å². The molecule has 3 fully saturated rings. The lowest BCUT2D eigenvalue weighted by Gasteiger charge is -2.49. The Morgan fingerprint density at radius 3 is 2.58 bits per heavy atom. The number of hydrogen-bond acceptors (Lipinski definition) is 8. The van der Waals surface area contributed by atoms with Crippen LogP contribution in [0.3, 0.4) is 0 Å². The first-order valence-corrected chi connectivity index (χ1v) is 19.4. The predicted octanol–water partition coefficient (Wildman–Crippen LogP) is 7.77. The third-order valence-electron chi connectivity index (χ3n) is 12.1. The topological polar surface area (TPSA) is 113 Å². The Morgan fingerprint density at radius 1 is 1.00 bits per heavy atom. The molecule has 1 saturated carbocycles. The van der Waals surface area contributed by atoms with Gasteiger partial charge in [-0.2, -0.15) is 5.10 Å². The molecule has 2 aliphatic heterocycles. The number of rotatable bonds is 5. The van der Waals surface area contributed by atoms with Crippen LogP contribution in [0.5, 0.6) is 5.75 Å². The number of aryl methyl sites for hydroxylation is 3. The van der Waals surface area contributed by atoms with Gasteiger partial charge in [-0.3, -0.25) is 28.8 Å². The van der Waals surface area contributed by atoms with Crippen LogP contribution in [0.15, 0.2) is 71.6 Å². The van der Waals surface area contributed by atoms with Crippen molar-refractivity contribution in [2.75, 3.05) is 4.90 Å². The number of nitrogens with zero attached hydrogens (tertiary/aromatic N) is 4. The minimum Gasteiger partial charge on any atom is -0.507 e. The number of imide groups is 2. The summed E-state index contributed by atoms with van der Waals surface area (Å²) in [7, 11) is 1.73. The minimum absolute atomic E-state index is 0.0613. The quantitative estimate of drug-likeness (QED) is 0.145. The van der Waals surface area contributed by atoms with E-state index in [0.717, 1.165) is 31.0 Å². The Kier molecular flexibility index (Phi) is 7.49. The molecule has 9 rings (SSSR count). The first-order valence-electron chi connectivity index (χ1n) is 17.4. The highest BCUT2D eigenvalue weighted by atomic mass is 35.5. The maximum Gasteiger partial charge on any atom is 0.242 e. The van der Waals surface area contributed by atoms with E-state index >= 15 is 4.79 Å². The number of anilines is 1. The highest BCUT2D eigenvalue weighted by molar-refractivity contribution is 7.22. The van der Waals surface area contributed by atoms with Gasteiger partial charge in [0.25, 0.3) is 0 Å². The third kappa shape index (κ3) is 4.55. The maximum absolute atomic E-state index is 15.1. The molecule has 5 heterocycles. The average molecular weight is 751 g/mol. The van der Waals surface area contributed by atoms with E-state index in [2.05, 4.69) is 0 Å². The zero-order chi connectivity index (χ0) is 36.4. The highest BCUT2D eigenvalue weighted by Gasteiger charge is 2.68. The summed E-state index contributed by atoms with van der Waals surface area (Å²) >= 11 is 9.39. The predicted molar refractivity (Wildman–Crippen MR) is 201 cm³/mol. The van der Waals surface area contributed by atoms with Gasteiger partial charge in [0.1, 0.15) is 17.3 Å².